The van der Waals surface area contributed by atoms with Crippen LogP contribution in [0.25, 0.3) is 0 Å². The van der Waals surface area contributed by atoms with Gasteiger partial charge < -0.3 is 10.2 Å². The van der Waals surface area contributed by atoms with Gasteiger partial charge in [-0.2, -0.15) is 0 Å². The molecule has 15 heavy (non-hydrogen) atoms. The maximum atomic E-state index is 3.45. The van der Waals surface area contributed by atoms with E-state index in [0.717, 1.165) is 6.42 Å². The predicted octanol–water partition coefficient (Wildman–Crippen LogP) is 2.74. The van der Waals surface area contributed by atoms with Crippen molar-refractivity contribution in [3.05, 3.63) is 22.4 Å². The third-order valence-corrected chi connectivity index (χ3v) is 4.41. The number of hydrogen-bond acceptors (Lipinski definition) is 3. The normalized spacial score (nSPS) is 17.7. The van der Waals surface area contributed by atoms with Crippen LogP contribution in [0.2, 0.25) is 0 Å². The lowest BCUT2D eigenvalue weighted by molar-refractivity contribution is 0.118. The van der Waals surface area contributed by atoms with Crippen molar-refractivity contribution in [2.75, 3.05) is 21.1 Å². The maximum Gasteiger partial charge on any atom is 0.0596 e. The first-order valence-corrected chi connectivity index (χ1v) is 6.32. The highest BCUT2D eigenvalue weighted by Crippen LogP contribution is 2.34. The van der Waals surface area contributed by atoms with Crippen LogP contribution in [-0.4, -0.2) is 31.6 Å². The van der Waals surface area contributed by atoms with Gasteiger partial charge in [0.15, 0.2) is 0 Å². The summed E-state index contributed by atoms with van der Waals surface area (Å²) < 4.78 is 0. The fourth-order valence-electron chi connectivity index (χ4n) is 1.99. The van der Waals surface area contributed by atoms with Crippen molar-refractivity contribution in [3.8, 4) is 0 Å². The highest BCUT2D eigenvalue weighted by molar-refractivity contribution is 7.10. The number of likely N-dealkylation sites (N-methyl/N-ethyl adjacent to an activating group) is 2. The number of nitrogens with one attached hydrogen (secondary N) is 1. The van der Waals surface area contributed by atoms with Crippen LogP contribution in [0.5, 0.6) is 0 Å². The van der Waals surface area contributed by atoms with Crippen LogP contribution in [0.1, 0.15) is 31.2 Å². The summed E-state index contributed by atoms with van der Waals surface area (Å²) in [6, 6.07) is 4.73. The molecular formula is C12H22N2S. The van der Waals surface area contributed by atoms with Crippen molar-refractivity contribution >= 4 is 11.3 Å². The van der Waals surface area contributed by atoms with Gasteiger partial charge in [0.05, 0.1) is 6.04 Å². The first-order valence-electron chi connectivity index (χ1n) is 5.44. The number of rotatable bonds is 5. The summed E-state index contributed by atoms with van der Waals surface area (Å²) in [5.41, 5.74) is 0.166. The SMILES string of the molecule is CCC(C)(C(NC)c1cccs1)N(C)C. The summed E-state index contributed by atoms with van der Waals surface area (Å²) in [5.74, 6) is 0. The molecule has 0 bridgehead atoms. The van der Waals surface area contributed by atoms with Gasteiger partial charge in [0.25, 0.3) is 0 Å². The molecular weight excluding hydrogens is 204 g/mol. The Kier molecular flexibility index (Phi) is 4.32. The van der Waals surface area contributed by atoms with Crippen LogP contribution in [-0.2, 0) is 0 Å². The Labute approximate surface area is 97.3 Å². The van der Waals surface area contributed by atoms with E-state index in [-0.39, 0.29) is 5.54 Å². The van der Waals surface area contributed by atoms with Crippen molar-refractivity contribution in [2.24, 2.45) is 0 Å². The zero-order valence-electron chi connectivity index (χ0n) is 10.4. The second-order valence-electron chi connectivity index (χ2n) is 4.34. The Morgan fingerprint density at radius 1 is 1.53 bits per heavy atom. The second-order valence-corrected chi connectivity index (χ2v) is 5.32. The van der Waals surface area contributed by atoms with Crippen LogP contribution < -0.4 is 5.32 Å². The van der Waals surface area contributed by atoms with Crippen molar-refractivity contribution in [3.63, 3.8) is 0 Å². The topological polar surface area (TPSA) is 15.3 Å². The van der Waals surface area contributed by atoms with Crippen molar-refractivity contribution in [2.45, 2.75) is 31.8 Å². The summed E-state index contributed by atoms with van der Waals surface area (Å²) in [5, 5.41) is 5.59. The van der Waals surface area contributed by atoms with Crippen LogP contribution in [0.15, 0.2) is 17.5 Å². The molecule has 2 unspecified atom stereocenters. The van der Waals surface area contributed by atoms with Gasteiger partial charge in [-0.3, -0.25) is 0 Å². The molecule has 0 saturated carbocycles. The lowest BCUT2D eigenvalue weighted by Crippen LogP contribution is -2.50. The quantitative estimate of drug-likeness (QED) is 0.830. The summed E-state index contributed by atoms with van der Waals surface area (Å²) in [7, 11) is 6.35. The minimum atomic E-state index is 0.166. The molecule has 0 radical (unpaired) electrons. The standard InChI is InChI=1S/C12H22N2S/c1-6-12(2,14(4)5)11(13-3)10-8-7-9-15-10/h7-9,11,13H,6H2,1-5H3. The highest BCUT2D eigenvalue weighted by Gasteiger charge is 2.35. The van der Waals surface area contributed by atoms with Crippen LogP contribution >= 0.6 is 11.3 Å². The number of nitrogens with zero attached hydrogens (tertiary/aromatic N) is 1. The van der Waals surface area contributed by atoms with Gasteiger partial charge in [0, 0.05) is 10.4 Å². The van der Waals surface area contributed by atoms with E-state index in [1.807, 2.05) is 18.4 Å². The average Bonchev–Trinajstić information content (AvgIpc) is 2.71. The van der Waals surface area contributed by atoms with Gasteiger partial charge in [-0.05, 0) is 45.9 Å². The van der Waals surface area contributed by atoms with Gasteiger partial charge >= 0.3 is 0 Å². The van der Waals surface area contributed by atoms with Crippen molar-refractivity contribution in [1.29, 1.82) is 0 Å². The molecule has 0 aromatic carbocycles. The zero-order chi connectivity index (χ0) is 11.5. The van der Waals surface area contributed by atoms with E-state index in [4.69, 9.17) is 0 Å². The lowest BCUT2D eigenvalue weighted by Gasteiger charge is -2.42. The summed E-state index contributed by atoms with van der Waals surface area (Å²) in [4.78, 5) is 3.73. The second kappa shape index (κ2) is 5.10. The van der Waals surface area contributed by atoms with E-state index in [0.29, 0.717) is 6.04 Å². The monoisotopic (exact) mass is 226 g/mol. The van der Waals surface area contributed by atoms with E-state index in [9.17, 15) is 0 Å². The first kappa shape index (κ1) is 12.7. The van der Waals surface area contributed by atoms with Crippen LogP contribution in [0.4, 0.5) is 0 Å². The summed E-state index contributed by atoms with van der Waals surface area (Å²) in [6.07, 6.45) is 1.13. The van der Waals surface area contributed by atoms with E-state index >= 15 is 0 Å². The fourth-order valence-corrected chi connectivity index (χ4v) is 2.97. The molecule has 86 valence electrons. The van der Waals surface area contributed by atoms with Gasteiger partial charge in [-0.25, -0.2) is 0 Å². The third-order valence-electron chi connectivity index (χ3n) is 3.48. The molecule has 0 fully saturated rings. The van der Waals surface area contributed by atoms with Crippen LogP contribution in [0, 0.1) is 0 Å². The Bertz CT molecular complexity index is 282. The number of thiophene rings is 1. The molecule has 1 rings (SSSR count). The minimum Gasteiger partial charge on any atom is -0.311 e. The lowest BCUT2D eigenvalue weighted by atomic mass is 9.87. The van der Waals surface area contributed by atoms with Crippen molar-refractivity contribution < 1.29 is 0 Å². The molecule has 0 saturated heterocycles. The van der Waals surface area contributed by atoms with E-state index in [1.165, 1.54) is 4.88 Å². The molecule has 0 amide bonds. The van der Waals surface area contributed by atoms with E-state index in [2.05, 4.69) is 55.7 Å². The molecule has 1 aromatic heterocycles. The third kappa shape index (κ3) is 2.41. The molecule has 1 N–H and O–H groups in total. The smallest absolute Gasteiger partial charge is 0.0596 e. The molecule has 0 aliphatic rings. The molecule has 2 nitrogen and oxygen atoms in total. The molecule has 0 aliphatic carbocycles. The van der Waals surface area contributed by atoms with Gasteiger partial charge in [0.1, 0.15) is 0 Å². The van der Waals surface area contributed by atoms with Gasteiger partial charge in [-0.15, -0.1) is 11.3 Å². The Balaban J connectivity index is 2.99. The fraction of sp³-hybridized carbons (Fsp3) is 0.667. The van der Waals surface area contributed by atoms with Crippen LogP contribution in [0.3, 0.4) is 0 Å². The molecule has 0 spiro atoms. The van der Waals surface area contributed by atoms with Crippen molar-refractivity contribution in [1.82, 2.24) is 10.2 Å². The molecule has 1 aromatic rings. The molecule has 0 aliphatic heterocycles. The van der Waals surface area contributed by atoms with Gasteiger partial charge in [-0.1, -0.05) is 13.0 Å². The first-order chi connectivity index (χ1) is 7.06. The molecule has 3 heteroatoms. The summed E-state index contributed by atoms with van der Waals surface area (Å²) in [6.45, 7) is 4.56. The predicted molar refractivity (Wildman–Crippen MR) is 68.5 cm³/mol. The Hall–Kier alpha value is -0.380. The van der Waals surface area contributed by atoms with Gasteiger partial charge in [0.2, 0.25) is 0 Å². The molecule has 2 atom stereocenters. The Morgan fingerprint density at radius 3 is 2.53 bits per heavy atom. The number of hydrogen-bond donors (Lipinski definition) is 1. The van der Waals surface area contributed by atoms with E-state index in [1.54, 1.807) is 0 Å². The van der Waals surface area contributed by atoms with E-state index < -0.39 is 0 Å². The highest BCUT2D eigenvalue weighted by atomic mass is 32.1. The zero-order valence-corrected chi connectivity index (χ0v) is 11.2. The molecule has 1 heterocycles. The minimum absolute atomic E-state index is 0.166. The summed E-state index contributed by atoms with van der Waals surface area (Å²) >= 11 is 1.83. The Morgan fingerprint density at radius 2 is 2.20 bits per heavy atom. The average molecular weight is 226 g/mol. The maximum absolute atomic E-state index is 3.45. The largest absolute Gasteiger partial charge is 0.311 e.